The van der Waals surface area contributed by atoms with E-state index >= 15 is 0 Å². The van der Waals surface area contributed by atoms with Crippen LogP contribution >= 0.6 is 0 Å². The summed E-state index contributed by atoms with van der Waals surface area (Å²) < 4.78 is 30.7. The molecule has 2 rings (SSSR count). The van der Waals surface area contributed by atoms with E-state index in [0.717, 1.165) is 0 Å². The van der Waals surface area contributed by atoms with Gasteiger partial charge in [0.1, 0.15) is 6.10 Å². The summed E-state index contributed by atoms with van der Waals surface area (Å²) in [4.78, 5) is 11.9. The molecule has 0 saturated heterocycles. The summed E-state index contributed by atoms with van der Waals surface area (Å²) >= 11 is 0. The summed E-state index contributed by atoms with van der Waals surface area (Å²) in [7, 11) is -4.17. The number of carbonyl (C=O) groups excluding carboxylic acids is 1. The normalized spacial score (nSPS) is 12.0. The monoisotopic (exact) mass is 338 g/mol. The lowest BCUT2D eigenvalue weighted by Gasteiger charge is -2.09. The molecule has 6 nitrogen and oxygen atoms in total. The highest BCUT2D eigenvalue weighted by Gasteiger charge is 2.18. The zero-order valence-corrected chi connectivity index (χ0v) is 13.3. The Balaban J connectivity index is 0.000000322. The molecule has 124 valence electrons. The number of aliphatic hydroxyl groups is 1. The summed E-state index contributed by atoms with van der Waals surface area (Å²) in [5.41, 5.74) is 1.15. The van der Waals surface area contributed by atoms with Crippen LogP contribution in [0.25, 0.3) is 0 Å². The first-order valence-electron chi connectivity index (χ1n) is 6.79. The van der Waals surface area contributed by atoms with E-state index in [1.807, 2.05) is 12.1 Å². The lowest BCUT2D eigenvalue weighted by atomic mass is 10.0. The van der Waals surface area contributed by atoms with E-state index in [1.165, 1.54) is 6.92 Å². The number of hydrogen-bond acceptors (Lipinski definition) is 5. The van der Waals surface area contributed by atoms with Crippen LogP contribution in [0, 0.1) is 0 Å². The maximum absolute atomic E-state index is 11.9. The average Bonchev–Trinajstić information content (AvgIpc) is 2.54. The maximum Gasteiger partial charge on any atom is 0.397 e. The van der Waals surface area contributed by atoms with Crippen molar-refractivity contribution in [1.29, 1.82) is 0 Å². The highest BCUT2D eigenvalue weighted by atomic mass is 32.3. The number of benzene rings is 2. The Morgan fingerprint density at radius 1 is 1.04 bits per heavy atom. The fourth-order valence-electron chi connectivity index (χ4n) is 1.70. The minimum Gasteiger partial charge on any atom is -0.380 e. The van der Waals surface area contributed by atoms with Gasteiger partial charge in [-0.3, -0.25) is 9.35 Å². The highest BCUT2D eigenvalue weighted by Crippen LogP contribution is 2.17. The first-order chi connectivity index (χ1) is 10.8. The van der Waals surface area contributed by atoms with E-state index in [1.54, 1.807) is 48.5 Å². The molecule has 0 heterocycles. The molecule has 0 fully saturated rings. The second-order valence-corrected chi connectivity index (χ2v) is 5.47. The molecule has 0 aliphatic rings. The van der Waals surface area contributed by atoms with Gasteiger partial charge in [-0.2, -0.15) is 8.42 Å². The van der Waals surface area contributed by atoms with Gasteiger partial charge in [-0.05, 0) is 12.5 Å². The number of rotatable bonds is 5. The molecular formula is C16H18O6S. The Labute approximate surface area is 135 Å². The fourth-order valence-corrected chi connectivity index (χ4v) is 1.99. The molecular weight excluding hydrogens is 320 g/mol. The molecule has 0 saturated carbocycles. The van der Waals surface area contributed by atoms with Gasteiger partial charge >= 0.3 is 10.4 Å². The SMILES string of the molecule is CCOS(=O)(=O)O.O=C(c1ccccc1)C(O)c1ccccc1. The highest BCUT2D eigenvalue weighted by molar-refractivity contribution is 7.80. The van der Waals surface area contributed by atoms with Crippen LogP contribution in [-0.2, 0) is 14.6 Å². The molecule has 0 aromatic heterocycles. The van der Waals surface area contributed by atoms with Gasteiger partial charge in [0.2, 0.25) is 0 Å². The zero-order valence-electron chi connectivity index (χ0n) is 12.5. The molecule has 1 unspecified atom stereocenters. The van der Waals surface area contributed by atoms with Crippen molar-refractivity contribution in [2.24, 2.45) is 0 Å². The summed E-state index contributed by atoms with van der Waals surface area (Å²) in [6.45, 7) is 1.44. The minimum absolute atomic E-state index is 0.0289. The Bertz CT molecular complexity index is 698. The van der Waals surface area contributed by atoms with E-state index in [9.17, 15) is 18.3 Å². The van der Waals surface area contributed by atoms with Gasteiger partial charge < -0.3 is 5.11 Å². The third-order valence-electron chi connectivity index (χ3n) is 2.69. The Morgan fingerprint density at radius 2 is 1.52 bits per heavy atom. The van der Waals surface area contributed by atoms with Gasteiger partial charge in [-0.15, -0.1) is 0 Å². The van der Waals surface area contributed by atoms with Crippen molar-refractivity contribution in [3.63, 3.8) is 0 Å². The van der Waals surface area contributed by atoms with Crippen molar-refractivity contribution in [3.05, 3.63) is 71.8 Å². The summed E-state index contributed by atoms with van der Waals surface area (Å²) in [6, 6.07) is 17.7. The third kappa shape index (κ3) is 7.16. The van der Waals surface area contributed by atoms with E-state index in [2.05, 4.69) is 4.18 Å². The average molecular weight is 338 g/mol. The molecule has 2 N–H and O–H groups in total. The number of ketones is 1. The van der Waals surface area contributed by atoms with E-state index in [0.29, 0.717) is 11.1 Å². The lowest BCUT2D eigenvalue weighted by Crippen LogP contribution is -2.11. The van der Waals surface area contributed by atoms with Gasteiger partial charge in [0, 0.05) is 5.56 Å². The number of carbonyl (C=O) groups is 1. The number of aliphatic hydroxyl groups excluding tert-OH is 1. The van der Waals surface area contributed by atoms with Crippen molar-refractivity contribution >= 4 is 16.2 Å². The molecule has 0 aliphatic heterocycles. The van der Waals surface area contributed by atoms with Crippen LogP contribution in [0.15, 0.2) is 60.7 Å². The van der Waals surface area contributed by atoms with Crippen molar-refractivity contribution in [3.8, 4) is 0 Å². The standard InChI is InChI=1S/C14H12O2.C2H6O4S/c15-13(11-7-3-1-4-8-11)14(16)12-9-5-2-6-10-12;1-2-6-7(3,4)5/h1-10,13,15H;2H2,1H3,(H,3,4,5). The quantitative estimate of drug-likeness (QED) is 0.641. The largest absolute Gasteiger partial charge is 0.397 e. The smallest absolute Gasteiger partial charge is 0.380 e. The Morgan fingerprint density at radius 3 is 1.91 bits per heavy atom. The minimum atomic E-state index is -4.17. The topological polar surface area (TPSA) is 101 Å². The van der Waals surface area contributed by atoms with Crippen molar-refractivity contribution in [2.45, 2.75) is 13.0 Å². The molecule has 0 aliphatic carbocycles. The summed E-state index contributed by atoms with van der Waals surface area (Å²) in [5, 5.41) is 9.89. The third-order valence-corrected chi connectivity index (χ3v) is 3.22. The van der Waals surface area contributed by atoms with E-state index < -0.39 is 16.5 Å². The van der Waals surface area contributed by atoms with Crippen LogP contribution in [0.5, 0.6) is 0 Å². The van der Waals surface area contributed by atoms with E-state index in [4.69, 9.17) is 4.55 Å². The molecule has 23 heavy (non-hydrogen) atoms. The molecule has 2 aromatic carbocycles. The van der Waals surface area contributed by atoms with Crippen LogP contribution < -0.4 is 0 Å². The van der Waals surface area contributed by atoms with Crippen molar-refractivity contribution in [2.75, 3.05) is 6.61 Å². The second-order valence-electron chi connectivity index (χ2n) is 4.38. The van der Waals surface area contributed by atoms with Crippen molar-refractivity contribution < 1.29 is 27.1 Å². The first-order valence-corrected chi connectivity index (χ1v) is 8.15. The van der Waals surface area contributed by atoms with Crippen LogP contribution in [-0.4, -0.2) is 30.5 Å². The molecule has 0 amide bonds. The van der Waals surface area contributed by atoms with Crippen molar-refractivity contribution in [1.82, 2.24) is 0 Å². The summed E-state index contributed by atoms with van der Waals surface area (Å²) in [6.07, 6.45) is -1.08. The second kappa shape index (κ2) is 9.16. The first kappa shape index (κ1) is 19.0. The van der Waals surface area contributed by atoms with Crippen LogP contribution in [0.3, 0.4) is 0 Å². The van der Waals surface area contributed by atoms with Gasteiger partial charge in [0.05, 0.1) is 6.61 Å². The molecule has 2 aromatic rings. The van der Waals surface area contributed by atoms with Crippen LogP contribution in [0.1, 0.15) is 28.9 Å². The predicted molar refractivity (Wildman–Crippen MR) is 85.3 cm³/mol. The van der Waals surface area contributed by atoms with Gasteiger partial charge in [-0.25, -0.2) is 4.18 Å². The molecule has 1 atom stereocenters. The molecule has 0 bridgehead atoms. The lowest BCUT2D eigenvalue weighted by molar-refractivity contribution is 0.0747. The molecule has 7 heteroatoms. The van der Waals surface area contributed by atoms with E-state index in [-0.39, 0.29) is 12.4 Å². The molecule has 0 spiro atoms. The zero-order chi connectivity index (χ0) is 17.3. The Hall–Kier alpha value is -2.06. The fraction of sp³-hybridized carbons (Fsp3) is 0.188. The molecule has 0 radical (unpaired) electrons. The van der Waals surface area contributed by atoms with Crippen LogP contribution in [0.2, 0.25) is 0 Å². The van der Waals surface area contributed by atoms with Crippen LogP contribution in [0.4, 0.5) is 0 Å². The summed E-state index contributed by atoms with van der Waals surface area (Å²) in [5.74, 6) is -0.271. The van der Waals surface area contributed by atoms with Gasteiger partial charge in [0.25, 0.3) is 0 Å². The van der Waals surface area contributed by atoms with Gasteiger partial charge in [0.15, 0.2) is 5.78 Å². The number of hydrogen-bond donors (Lipinski definition) is 2. The maximum atomic E-state index is 11.9. The number of Topliss-reactive ketones (excluding diaryl/α,β-unsaturated/α-hetero) is 1. The Kier molecular flexibility index (Phi) is 7.56. The predicted octanol–water partition coefficient (Wildman–Crippen LogP) is 2.43. The van der Waals surface area contributed by atoms with Gasteiger partial charge in [-0.1, -0.05) is 60.7 Å².